The topological polar surface area (TPSA) is 51.7 Å². The number of carbonyl (C=O) groups excluding carboxylic acids is 1. The van der Waals surface area contributed by atoms with Gasteiger partial charge in [0.1, 0.15) is 5.01 Å². The second-order valence-electron chi connectivity index (χ2n) is 6.22. The molecule has 0 N–H and O–H groups in total. The minimum atomic E-state index is -0.136. The normalized spacial score (nSPS) is 12.3. The summed E-state index contributed by atoms with van der Waals surface area (Å²) in [6.07, 6.45) is 3.22. The molecule has 0 radical (unpaired) electrons. The molecular weight excluding hydrogens is 396 g/mol. The first kappa shape index (κ1) is 20.2. The molecule has 3 rings (SSSR count). The van der Waals surface area contributed by atoms with Crippen molar-refractivity contribution in [2.75, 3.05) is 21.3 Å². The number of nitrogens with zero attached hydrogens (tertiary/aromatic N) is 2. The van der Waals surface area contributed by atoms with Crippen molar-refractivity contribution in [1.29, 1.82) is 0 Å². The molecule has 0 aliphatic carbocycles. The Bertz CT molecular complexity index is 999. The van der Waals surface area contributed by atoms with Crippen LogP contribution in [0.1, 0.15) is 23.5 Å². The molecule has 5 nitrogen and oxygen atoms in total. The van der Waals surface area contributed by atoms with Gasteiger partial charge in [-0.15, -0.1) is 11.3 Å². The lowest BCUT2D eigenvalue weighted by molar-refractivity contribution is -0.126. The quantitative estimate of drug-likeness (QED) is 0.518. The molecule has 0 bridgehead atoms. The maximum absolute atomic E-state index is 12.6. The molecule has 0 aliphatic heterocycles. The molecule has 0 saturated heterocycles. The first-order valence-electron chi connectivity index (χ1n) is 8.66. The molecule has 0 aliphatic rings. The number of benzene rings is 2. The zero-order valence-electron chi connectivity index (χ0n) is 16.1. The number of methoxy groups -OCH3 is 2. The number of para-hydroxylation sites is 1. The Morgan fingerprint density at radius 3 is 2.68 bits per heavy atom. The molecule has 7 heteroatoms. The number of ether oxygens (including phenoxy) is 2. The van der Waals surface area contributed by atoms with Crippen molar-refractivity contribution < 1.29 is 14.3 Å². The van der Waals surface area contributed by atoms with Crippen molar-refractivity contribution in [2.24, 2.45) is 0 Å². The highest BCUT2D eigenvalue weighted by Crippen LogP contribution is 2.36. The van der Waals surface area contributed by atoms with Gasteiger partial charge in [-0.05, 0) is 42.8 Å². The number of halogens is 1. The Kier molecular flexibility index (Phi) is 6.21. The molecule has 1 amide bonds. The number of likely N-dealkylation sites (N-methyl/N-ethyl adjacent to an activating group) is 1. The summed E-state index contributed by atoms with van der Waals surface area (Å²) in [4.78, 5) is 18.9. The van der Waals surface area contributed by atoms with Gasteiger partial charge in [-0.3, -0.25) is 4.79 Å². The number of thiazole rings is 1. The third kappa shape index (κ3) is 4.13. The van der Waals surface area contributed by atoms with Gasteiger partial charge in [0.2, 0.25) is 5.91 Å². The van der Waals surface area contributed by atoms with Crippen LogP contribution in [0.2, 0.25) is 5.02 Å². The fraction of sp³-hybridized carbons (Fsp3) is 0.238. The molecule has 28 heavy (non-hydrogen) atoms. The SMILES string of the molecule is COc1cc(/C=C/C(=O)N(C)C(C)c2nc3ccccc3s2)cc(Cl)c1OC. The minimum absolute atomic E-state index is 0.127. The van der Waals surface area contributed by atoms with Crippen LogP contribution < -0.4 is 9.47 Å². The molecule has 3 aromatic rings. The van der Waals surface area contributed by atoms with Crippen LogP contribution in [-0.2, 0) is 4.79 Å². The van der Waals surface area contributed by atoms with E-state index in [1.807, 2.05) is 31.2 Å². The zero-order chi connectivity index (χ0) is 20.3. The average molecular weight is 417 g/mol. The minimum Gasteiger partial charge on any atom is -0.493 e. The van der Waals surface area contributed by atoms with Crippen molar-refractivity contribution in [1.82, 2.24) is 9.88 Å². The van der Waals surface area contributed by atoms with Crippen molar-refractivity contribution >= 4 is 45.1 Å². The van der Waals surface area contributed by atoms with E-state index in [1.54, 1.807) is 48.6 Å². The van der Waals surface area contributed by atoms with Gasteiger partial charge in [0, 0.05) is 13.1 Å². The fourth-order valence-corrected chi connectivity index (χ4v) is 4.10. The van der Waals surface area contributed by atoms with E-state index in [0.717, 1.165) is 20.8 Å². The van der Waals surface area contributed by atoms with Gasteiger partial charge in [0.15, 0.2) is 11.5 Å². The summed E-state index contributed by atoms with van der Waals surface area (Å²) < 4.78 is 11.6. The Hall–Kier alpha value is -2.57. The standard InChI is InChI=1S/C21H21ClN2O3S/c1-13(21-23-16-7-5-6-8-18(16)28-21)24(2)19(25)10-9-14-11-15(22)20(27-4)17(12-14)26-3/h5-13H,1-4H3/b10-9+. The Labute approximate surface area is 173 Å². The van der Waals surface area contributed by atoms with Crippen LogP contribution in [0.3, 0.4) is 0 Å². The van der Waals surface area contributed by atoms with Crippen LogP contribution in [0, 0.1) is 0 Å². The van der Waals surface area contributed by atoms with Gasteiger partial charge < -0.3 is 14.4 Å². The highest BCUT2D eigenvalue weighted by atomic mass is 35.5. The highest BCUT2D eigenvalue weighted by Gasteiger charge is 2.19. The molecule has 2 aromatic carbocycles. The average Bonchev–Trinajstić information content (AvgIpc) is 3.14. The van der Waals surface area contributed by atoms with E-state index >= 15 is 0 Å². The number of fused-ring (bicyclic) bond motifs is 1. The summed E-state index contributed by atoms with van der Waals surface area (Å²) in [5, 5.41) is 1.32. The number of carbonyl (C=O) groups is 1. The molecule has 1 unspecified atom stereocenters. The van der Waals surface area contributed by atoms with Crippen molar-refractivity contribution in [3.63, 3.8) is 0 Å². The smallest absolute Gasteiger partial charge is 0.246 e. The van der Waals surface area contributed by atoms with Crippen LogP contribution in [0.4, 0.5) is 0 Å². The van der Waals surface area contributed by atoms with E-state index < -0.39 is 0 Å². The second kappa shape index (κ2) is 8.63. The first-order valence-corrected chi connectivity index (χ1v) is 9.86. The van der Waals surface area contributed by atoms with E-state index in [4.69, 9.17) is 21.1 Å². The van der Waals surface area contributed by atoms with E-state index in [0.29, 0.717) is 16.5 Å². The van der Waals surface area contributed by atoms with Crippen molar-refractivity contribution in [2.45, 2.75) is 13.0 Å². The van der Waals surface area contributed by atoms with Crippen LogP contribution in [-0.4, -0.2) is 37.1 Å². The largest absolute Gasteiger partial charge is 0.493 e. The second-order valence-corrected chi connectivity index (χ2v) is 7.69. The van der Waals surface area contributed by atoms with Crippen LogP contribution >= 0.6 is 22.9 Å². The molecule has 1 aromatic heterocycles. The summed E-state index contributed by atoms with van der Waals surface area (Å²) in [6, 6.07) is 11.3. The van der Waals surface area contributed by atoms with Crippen LogP contribution in [0.25, 0.3) is 16.3 Å². The number of hydrogen-bond donors (Lipinski definition) is 0. The summed E-state index contributed by atoms with van der Waals surface area (Å²) in [5.41, 5.74) is 1.70. The van der Waals surface area contributed by atoms with E-state index in [2.05, 4.69) is 4.98 Å². The van der Waals surface area contributed by atoms with Gasteiger partial charge in [-0.25, -0.2) is 4.98 Å². The predicted octanol–water partition coefficient (Wildman–Crippen LogP) is 5.20. The van der Waals surface area contributed by atoms with Gasteiger partial charge >= 0.3 is 0 Å². The summed E-state index contributed by atoms with van der Waals surface area (Å²) in [7, 11) is 4.84. The summed E-state index contributed by atoms with van der Waals surface area (Å²) in [5.74, 6) is 0.852. The molecule has 0 fully saturated rings. The lowest BCUT2D eigenvalue weighted by atomic mass is 10.1. The third-order valence-electron chi connectivity index (χ3n) is 4.47. The summed E-state index contributed by atoms with van der Waals surface area (Å²) >= 11 is 7.82. The van der Waals surface area contributed by atoms with E-state index in [-0.39, 0.29) is 11.9 Å². The maximum Gasteiger partial charge on any atom is 0.246 e. The number of rotatable bonds is 6. The summed E-state index contributed by atoms with van der Waals surface area (Å²) in [6.45, 7) is 1.97. The fourth-order valence-electron chi connectivity index (χ4n) is 2.74. The van der Waals surface area contributed by atoms with E-state index in [9.17, 15) is 4.79 Å². The molecule has 146 valence electrons. The Morgan fingerprint density at radius 2 is 2.00 bits per heavy atom. The Balaban J connectivity index is 1.77. The lowest BCUT2D eigenvalue weighted by Gasteiger charge is -2.21. The predicted molar refractivity (Wildman–Crippen MR) is 114 cm³/mol. The molecular formula is C21H21ClN2O3S. The number of amides is 1. The van der Waals surface area contributed by atoms with Gasteiger partial charge in [0.05, 0.1) is 35.5 Å². The van der Waals surface area contributed by atoms with Gasteiger partial charge in [-0.2, -0.15) is 0 Å². The lowest BCUT2D eigenvalue weighted by Crippen LogP contribution is -2.27. The zero-order valence-corrected chi connectivity index (χ0v) is 17.7. The highest BCUT2D eigenvalue weighted by molar-refractivity contribution is 7.18. The maximum atomic E-state index is 12.6. The number of aromatic nitrogens is 1. The third-order valence-corrected chi connectivity index (χ3v) is 5.96. The monoisotopic (exact) mass is 416 g/mol. The molecule has 0 spiro atoms. The van der Waals surface area contributed by atoms with Crippen LogP contribution in [0.15, 0.2) is 42.5 Å². The van der Waals surface area contributed by atoms with Crippen molar-refractivity contribution in [3.8, 4) is 11.5 Å². The van der Waals surface area contributed by atoms with Crippen molar-refractivity contribution in [3.05, 3.63) is 58.1 Å². The van der Waals surface area contributed by atoms with Crippen LogP contribution in [0.5, 0.6) is 11.5 Å². The van der Waals surface area contributed by atoms with E-state index in [1.165, 1.54) is 13.2 Å². The van der Waals surface area contributed by atoms with Gasteiger partial charge in [-0.1, -0.05) is 23.7 Å². The molecule has 1 heterocycles. The molecule has 1 atom stereocenters. The van der Waals surface area contributed by atoms with Gasteiger partial charge in [0.25, 0.3) is 0 Å². The molecule has 0 saturated carbocycles. The Morgan fingerprint density at radius 1 is 1.25 bits per heavy atom. The first-order chi connectivity index (χ1) is 13.4. The number of hydrogen-bond acceptors (Lipinski definition) is 5.